The van der Waals surface area contributed by atoms with Crippen molar-refractivity contribution >= 4 is 5.82 Å². The van der Waals surface area contributed by atoms with Crippen LogP contribution < -0.4 is 10.5 Å². The number of hydrogen-bond donors (Lipinski definition) is 1. The molecule has 0 bridgehead atoms. The van der Waals surface area contributed by atoms with Gasteiger partial charge in [0.05, 0.1) is 0 Å². The third-order valence-corrected chi connectivity index (χ3v) is 1.40. The zero-order valence-corrected chi connectivity index (χ0v) is 8.80. The number of anilines is 1. The molecule has 2 heterocycles. The van der Waals surface area contributed by atoms with E-state index < -0.39 is 0 Å². The van der Waals surface area contributed by atoms with Crippen molar-refractivity contribution in [1.29, 1.82) is 5.26 Å². The van der Waals surface area contributed by atoms with E-state index in [9.17, 15) is 0 Å². The minimum Gasteiger partial charge on any atom is -0.381 e. The first-order valence-corrected chi connectivity index (χ1v) is 4.30. The largest absolute Gasteiger partial charge is 0.381 e. The molecule has 0 amide bonds. The van der Waals surface area contributed by atoms with Crippen molar-refractivity contribution in [3.63, 3.8) is 0 Å². The number of hydrogen-bond acceptors (Lipinski definition) is 7. The normalized spacial score (nSPS) is 8.81. The van der Waals surface area contributed by atoms with Crippen LogP contribution in [0.25, 0.3) is 0 Å². The van der Waals surface area contributed by atoms with Crippen molar-refractivity contribution in [2.24, 2.45) is 0 Å². The van der Waals surface area contributed by atoms with Crippen LogP contribution in [0.5, 0.6) is 5.88 Å². The molecule has 2 aromatic rings. The third kappa shape index (κ3) is 3.71. The fourth-order valence-corrected chi connectivity index (χ4v) is 0.824. The van der Waals surface area contributed by atoms with Gasteiger partial charge in [-0.3, -0.25) is 0 Å². The molecule has 0 spiro atoms. The van der Waals surface area contributed by atoms with E-state index in [1.165, 1.54) is 12.3 Å². The van der Waals surface area contributed by atoms with Gasteiger partial charge in [-0.05, 0) is 19.0 Å². The Morgan fingerprint density at radius 3 is 2.19 bits per heavy atom. The molecule has 7 heteroatoms. The number of nitrogens with two attached hydrogens (primary N) is 1. The predicted molar refractivity (Wildman–Crippen MR) is 53.1 cm³/mol. The van der Waals surface area contributed by atoms with Gasteiger partial charge in [0.1, 0.15) is 11.5 Å². The van der Waals surface area contributed by atoms with Gasteiger partial charge in [0, 0.05) is 12.1 Å². The van der Waals surface area contributed by atoms with Gasteiger partial charge in [0.25, 0.3) is 12.1 Å². The van der Waals surface area contributed by atoms with Crippen LogP contribution in [0.2, 0.25) is 0 Å². The highest BCUT2D eigenvalue weighted by Crippen LogP contribution is 2.08. The standard InChI is InChI=1S/C5H4N2O2.C4H6N2O/c1-4-2-5(7-9-4)8-3-6;1-3-2-4(5)6-7-3/h2H,1H3;2H,1H3,(H2,5,6). The van der Waals surface area contributed by atoms with Crippen molar-refractivity contribution in [2.75, 3.05) is 5.73 Å². The lowest BCUT2D eigenvalue weighted by Gasteiger charge is -1.77. The molecule has 2 rings (SSSR count). The minimum absolute atomic E-state index is 0.204. The van der Waals surface area contributed by atoms with E-state index in [0.717, 1.165) is 5.76 Å². The molecular formula is C9H10N4O3. The summed E-state index contributed by atoms with van der Waals surface area (Å²) in [7, 11) is 0. The summed E-state index contributed by atoms with van der Waals surface area (Å²) in [6, 6.07) is 3.20. The lowest BCUT2D eigenvalue weighted by Crippen LogP contribution is -1.79. The van der Waals surface area contributed by atoms with Crippen LogP contribution in [0, 0.1) is 25.4 Å². The maximum Gasteiger partial charge on any atom is 0.293 e. The molecule has 84 valence electrons. The molecule has 7 nitrogen and oxygen atoms in total. The average molecular weight is 222 g/mol. The monoisotopic (exact) mass is 222 g/mol. The second kappa shape index (κ2) is 5.41. The fraction of sp³-hybridized carbons (Fsp3) is 0.222. The van der Waals surface area contributed by atoms with Crippen molar-refractivity contribution in [1.82, 2.24) is 10.3 Å². The number of nitriles is 1. The molecule has 2 N–H and O–H groups in total. The van der Waals surface area contributed by atoms with E-state index >= 15 is 0 Å². The number of nitrogens with zero attached hydrogens (tertiary/aromatic N) is 3. The van der Waals surface area contributed by atoms with Crippen LogP contribution in [-0.4, -0.2) is 10.3 Å². The molecule has 0 atom stereocenters. The summed E-state index contributed by atoms with van der Waals surface area (Å²) in [6.45, 7) is 3.51. The van der Waals surface area contributed by atoms with Crippen molar-refractivity contribution in [2.45, 2.75) is 13.8 Å². The molecule has 0 unspecified atom stereocenters. The highest BCUT2D eigenvalue weighted by Gasteiger charge is 1.97. The topological polar surface area (TPSA) is 111 Å². The lowest BCUT2D eigenvalue weighted by atomic mass is 10.5. The molecule has 16 heavy (non-hydrogen) atoms. The predicted octanol–water partition coefficient (Wildman–Crippen LogP) is 1.41. The van der Waals surface area contributed by atoms with Gasteiger partial charge in [-0.1, -0.05) is 5.16 Å². The molecule has 0 fully saturated rings. The van der Waals surface area contributed by atoms with Crippen LogP contribution in [-0.2, 0) is 0 Å². The third-order valence-electron chi connectivity index (χ3n) is 1.40. The molecule has 0 aliphatic carbocycles. The molecular weight excluding hydrogens is 212 g/mol. The second-order valence-electron chi connectivity index (χ2n) is 2.83. The SMILES string of the molecule is Cc1cc(N)no1.Cc1cc(OC#N)no1. The van der Waals surface area contributed by atoms with Crippen LogP contribution in [0.4, 0.5) is 5.82 Å². The van der Waals surface area contributed by atoms with Crippen LogP contribution in [0.1, 0.15) is 11.5 Å². The van der Waals surface area contributed by atoms with Crippen molar-refractivity contribution in [3.05, 3.63) is 23.7 Å². The zero-order valence-electron chi connectivity index (χ0n) is 8.80. The summed E-state index contributed by atoms with van der Waals surface area (Å²) < 4.78 is 13.5. The van der Waals surface area contributed by atoms with Gasteiger partial charge in [-0.15, -0.1) is 5.26 Å². The van der Waals surface area contributed by atoms with E-state index in [-0.39, 0.29) is 5.88 Å². The Labute approximate surface area is 91.4 Å². The van der Waals surface area contributed by atoms with E-state index in [4.69, 9.17) is 11.0 Å². The Morgan fingerprint density at radius 2 is 1.88 bits per heavy atom. The maximum atomic E-state index is 7.98. The Balaban J connectivity index is 0.000000165. The summed E-state index contributed by atoms with van der Waals surface area (Å²) >= 11 is 0. The summed E-state index contributed by atoms with van der Waals surface area (Å²) in [5, 5.41) is 14.8. The first-order valence-electron chi connectivity index (χ1n) is 4.30. The summed E-state index contributed by atoms with van der Waals surface area (Å²) in [6.07, 6.45) is 1.47. The first-order chi connectivity index (χ1) is 7.61. The molecule has 0 radical (unpaired) electrons. The lowest BCUT2D eigenvalue weighted by molar-refractivity contribution is 0.360. The number of ether oxygens (including phenoxy) is 1. The first kappa shape index (κ1) is 11.6. The highest BCUT2D eigenvalue weighted by molar-refractivity contribution is 5.25. The van der Waals surface area contributed by atoms with Crippen LogP contribution in [0.15, 0.2) is 21.2 Å². The van der Waals surface area contributed by atoms with E-state index in [2.05, 4.69) is 24.1 Å². The molecule has 0 aliphatic heterocycles. The van der Waals surface area contributed by atoms with E-state index in [0.29, 0.717) is 11.6 Å². The Morgan fingerprint density at radius 1 is 1.25 bits per heavy atom. The maximum absolute atomic E-state index is 7.98. The Kier molecular flexibility index (Phi) is 3.91. The molecule has 0 aromatic carbocycles. The summed E-state index contributed by atoms with van der Waals surface area (Å²) in [5.74, 6) is 2.02. The number of aromatic nitrogens is 2. The van der Waals surface area contributed by atoms with Gasteiger partial charge in [-0.2, -0.15) is 0 Å². The number of aryl methyl sites for hydroxylation is 2. The summed E-state index contributed by atoms with van der Waals surface area (Å²) in [4.78, 5) is 0. The highest BCUT2D eigenvalue weighted by atomic mass is 16.5. The number of rotatable bonds is 1. The smallest absolute Gasteiger partial charge is 0.293 e. The minimum atomic E-state index is 0.204. The van der Waals surface area contributed by atoms with E-state index in [1.807, 2.05) is 0 Å². The molecule has 2 aromatic heterocycles. The fourth-order valence-electron chi connectivity index (χ4n) is 0.824. The second-order valence-corrected chi connectivity index (χ2v) is 2.83. The van der Waals surface area contributed by atoms with Gasteiger partial charge >= 0.3 is 0 Å². The average Bonchev–Trinajstić information content (AvgIpc) is 2.78. The van der Waals surface area contributed by atoms with Gasteiger partial charge < -0.3 is 19.5 Å². The zero-order chi connectivity index (χ0) is 12.0. The summed E-state index contributed by atoms with van der Waals surface area (Å²) in [5.41, 5.74) is 5.17. The van der Waals surface area contributed by atoms with Gasteiger partial charge in [-0.25, -0.2) is 0 Å². The molecule has 0 saturated heterocycles. The Hall–Kier alpha value is -2.49. The quantitative estimate of drug-likeness (QED) is 0.726. The van der Waals surface area contributed by atoms with E-state index in [1.54, 1.807) is 19.9 Å². The number of nitrogen functional groups attached to an aromatic ring is 1. The molecule has 0 saturated carbocycles. The van der Waals surface area contributed by atoms with Crippen molar-refractivity contribution < 1.29 is 13.8 Å². The van der Waals surface area contributed by atoms with Crippen LogP contribution >= 0.6 is 0 Å². The molecule has 0 aliphatic rings. The van der Waals surface area contributed by atoms with Gasteiger partial charge in [0.2, 0.25) is 0 Å². The Bertz CT molecular complexity index is 466. The van der Waals surface area contributed by atoms with Gasteiger partial charge in [0.15, 0.2) is 5.82 Å². The van der Waals surface area contributed by atoms with Crippen LogP contribution in [0.3, 0.4) is 0 Å². The van der Waals surface area contributed by atoms with Crippen molar-refractivity contribution in [3.8, 4) is 12.1 Å².